The molecule has 0 aliphatic rings. The van der Waals surface area contributed by atoms with Crippen LogP contribution in [0.4, 0.5) is 13.2 Å². The van der Waals surface area contributed by atoms with Crippen LogP contribution in [-0.4, -0.2) is 39.6 Å². The predicted octanol–water partition coefficient (Wildman–Crippen LogP) is 1.88. The summed E-state index contributed by atoms with van der Waals surface area (Å²) in [6.07, 6.45) is -4.36. The van der Waals surface area contributed by atoms with Gasteiger partial charge in [-0.1, -0.05) is 19.1 Å². The van der Waals surface area contributed by atoms with Gasteiger partial charge < -0.3 is 4.90 Å². The fourth-order valence-corrected chi connectivity index (χ4v) is 2.61. The van der Waals surface area contributed by atoms with Crippen LogP contribution in [0, 0.1) is 0 Å². The van der Waals surface area contributed by atoms with Crippen LogP contribution >= 0.6 is 0 Å². The SMILES string of the molecule is CCCN(CC(F)(F)F)C(=O)CCn1c(=O)[nH]c(=O)c2ccccc21. The van der Waals surface area contributed by atoms with E-state index in [1.807, 2.05) is 0 Å². The van der Waals surface area contributed by atoms with Crippen molar-refractivity contribution in [1.82, 2.24) is 14.5 Å². The molecule has 0 saturated carbocycles. The van der Waals surface area contributed by atoms with Gasteiger partial charge in [0.15, 0.2) is 0 Å². The van der Waals surface area contributed by atoms with E-state index >= 15 is 0 Å². The second kappa shape index (κ2) is 7.54. The number of aromatic nitrogens is 2. The first-order chi connectivity index (χ1) is 11.7. The normalized spacial score (nSPS) is 11.7. The van der Waals surface area contributed by atoms with Crippen molar-refractivity contribution in [1.29, 1.82) is 0 Å². The van der Waals surface area contributed by atoms with Crippen molar-refractivity contribution in [3.63, 3.8) is 0 Å². The Kier molecular flexibility index (Phi) is 5.66. The molecule has 0 bridgehead atoms. The second-order valence-corrected chi connectivity index (χ2v) is 5.61. The second-order valence-electron chi connectivity index (χ2n) is 5.61. The number of hydrogen-bond acceptors (Lipinski definition) is 3. The largest absolute Gasteiger partial charge is 0.406 e. The summed E-state index contributed by atoms with van der Waals surface area (Å²) in [4.78, 5) is 38.8. The van der Waals surface area contributed by atoms with E-state index in [1.54, 1.807) is 25.1 Å². The van der Waals surface area contributed by atoms with Gasteiger partial charge in [-0.15, -0.1) is 0 Å². The van der Waals surface area contributed by atoms with Gasteiger partial charge in [0.25, 0.3) is 5.56 Å². The Balaban J connectivity index is 2.23. The van der Waals surface area contributed by atoms with Crippen LogP contribution in [0.2, 0.25) is 0 Å². The molecule has 25 heavy (non-hydrogen) atoms. The summed E-state index contributed by atoms with van der Waals surface area (Å²) in [5.41, 5.74) is -0.913. The minimum Gasteiger partial charge on any atom is -0.334 e. The molecule has 6 nitrogen and oxygen atoms in total. The summed E-state index contributed by atoms with van der Waals surface area (Å²) in [5.74, 6) is -0.693. The third-order valence-electron chi connectivity index (χ3n) is 3.67. The molecule has 1 N–H and O–H groups in total. The van der Waals surface area contributed by atoms with Gasteiger partial charge >= 0.3 is 11.9 Å². The molecule has 1 amide bonds. The molecule has 0 saturated heterocycles. The van der Waals surface area contributed by atoms with Crippen molar-refractivity contribution >= 4 is 16.8 Å². The topological polar surface area (TPSA) is 75.2 Å². The van der Waals surface area contributed by atoms with Gasteiger partial charge in [0.2, 0.25) is 5.91 Å². The van der Waals surface area contributed by atoms with Gasteiger partial charge in [-0.05, 0) is 18.6 Å². The lowest BCUT2D eigenvalue weighted by Gasteiger charge is -2.23. The number of hydrogen-bond donors (Lipinski definition) is 1. The monoisotopic (exact) mass is 357 g/mol. The number of aromatic amines is 1. The van der Waals surface area contributed by atoms with Crippen LogP contribution in [0.5, 0.6) is 0 Å². The number of H-pyrrole nitrogens is 1. The van der Waals surface area contributed by atoms with Crippen molar-refractivity contribution < 1.29 is 18.0 Å². The summed E-state index contributed by atoms with van der Waals surface area (Å²) in [6, 6.07) is 6.34. The van der Waals surface area contributed by atoms with Crippen LogP contribution in [0.15, 0.2) is 33.9 Å². The number of rotatable bonds is 6. The molecule has 9 heteroatoms. The first-order valence-electron chi connectivity index (χ1n) is 7.79. The number of aryl methyl sites for hydroxylation is 1. The zero-order valence-corrected chi connectivity index (χ0v) is 13.6. The van der Waals surface area contributed by atoms with Crippen molar-refractivity contribution in [3.8, 4) is 0 Å². The molecule has 2 aromatic rings. The molecular formula is C16H18F3N3O3. The van der Waals surface area contributed by atoms with E-state index in [9.17, 15) is 27.6 Å². The maximum absolute atomic E-state index is 12.6. The first kappa shape index (κ1) is 18.8. The molecule has 0 aliphatic carbocycles. The molecular weight excluding hydrogens is 339 g/mol. The lowest BCUT2D eigenvalue weighted by Crippen LogP contribution is -2.40. The van der Waals surface area contributed by atoms with Crippen molar-refractivity contribution in [3.05, 3.63) is 45.1 Å². The Labute approximate surface area is 140 Å². The van der Waals surface area contributed by atoms with Gasteiger partial charge in [0.05, 0.1) is 10.9 Å². The van der Waals surface area contributed by atoms with Gasteiger partial charge in [0.1, 0.15) is 6.54 Å². The van der Waals surface area contributed by atoms with Gasteiger partial charge in [-0.25, -0.2) is 4.79 Å². The molecule has 0 aliphatic heterocycles. The zero-order chi connectivity index (χ0) is 18.6. The smallest absolute Gasteiger partial charge is 0.334 e. The number of benzene rings is 1. The lowest BCUT2D eigenvalue weighted by molar-refractivity contribution is -0.161. The molecule has 1 aromatic carbocycles. The maximum Gasteiger partial charge on any atom is 0.406 e. The molecule has 0 unspecified atom stereocenters. The quantitative estimate of drug-likeness (QED) is 0.858. The molecule has 1 heterocycles. The molecule has 1 aromatic heterocycles. The van der Waals surface area contributed by atoms with E-state index in [2.05, 4.69) is 4.98 Å². The van der Waals surface area contributed by atoms with Gasteiger partial charge in [0, 0.05) is 19.5 Å². The van der Waals surface area contributed by atoms with Crippen LogP contribution < -0.4 is 11.2 Å². The summed E-state index contributed by atoms with van der Waals surface area (Å²) in [6.45, 7) is 0.226. The van der Waals surface area contributed by atoms with Crippen LogP contribution in [0.3, 0.4) is 0 Å². The zero-order valence-electron chi connectivity index (χ0n) is 13.6. The number of carbonyl (C=O) groups is 1. The molecule has 136 valence electrons. The van der Waals surface area contributed by atoms with Crippen LogP contribution in [-0.2, 0) is 11.3 Å². The van der Waals surface area contributed by atoms with E-state index in [4.69, 9.17) is 0 Å². The van der Waals surface area contributed by atoms with Crippen molar-refractivity contribution in [2.45, 2.75) is 32.5 Å². The van der Waals surface area contributed by atoms with Crippen molar-refractivity contribution in [2.24, 2.45) is 0 Å². The Morgan fingerprint density at radius 1 is 1.24 bits per heavy atom. The fourth-order valence-electron chi connectivity index (χ4n) is 2.61. The molecule has 0 spiro atoms. The average Bonchev–Trinajstić information content (AvgIpc) is 2.53. The lowest BCUT2D eigenvalue weighted by atomic mass is 10.2. The molecule has 0 radical (unpaired) electrons. The van der Waals surface area contributed by atoms with Gasteiger partial charge in [-0.2, -0.15) is 13.2 Å². The highest BCUT2D eigenvalue weighted by atomic mass is 19.4. The highest BCUT2D eigenvalue weighted by Gasteiger charge is 2.32. The highest BCUT2D eigenvalue weighted by molar-refractivity contribution is 5.79. The number of amides is 1. The number of carbonyl (C=O) groups excluding carboxylic acids is 1. The molecule has 0 atom stereocenters. The number of halogens is 3. The van der Waals surface area contributed by atoms with Crippen LogP contribution in [0.25, 0.3) is 10.9 Å². The summed E-state index contributed by atoms with van der Waals surface area (Å²) < 4.78 is 38.9. The number of nitrogens with one attached hydrogen (secondary N) is 1. The minimum atomic E-state index is -4.48. The van der Waals surface area contributed by atoms with Gasteiger partial charge in [-0.3, -0.25) is 19.1 Å². The number of para-hydroxylation sites is 1. The Morgan fingerprint density at radius 3 is 2.56 bits per heavy atom. The number of alkyl halides is 3. The van der Waals surface area contributed by atoms with E-state index in [0.29, 0.717) is 11.9 Å². The third kappa shape index (κ3) is 4.71. The summed E-state index contributed by atoms with van der Waals surface area (Å²) in [7, 11) is 0. The van der Waals surface area contributed by atoms with Crippen LogP contribution in [0.1, 0.15) is 19.8 Å². The number of nitrogens with zero attached hydrogens (tertiary/aromatic N) is 2. The van der Waals surface area contributed by atoms with E-state index in [1.165, 1.54) is 10.6 Å². The highest BCUT2D eigenvalue weighted by Crippen LogP contribution is 2.17. The standard InChI is InChI=1S/C16H18F3N3O3/c1-2-8-21(10-16(17,18)19)13(23)7-9-22-12-6-4-3-5-11(12)14(24)20-15(22)25/h3-6H,2,7-10H2,1H3,(H,20,24,25). The fraction of sp³-hybridized carbons (Fsp3) is 0.438. The Hall–Kier alpha value is -2.58. The number of fused-ring (bicyclic) bond motifs is 1. The summed E-state index contributed by atoms with van der Waals surface area (Å²) in [5, 5.41) is 0.273. The van der Waals surface area contributed by atoms with E-state index in [0.717, 1.165) is 4.90 Å². The van der Waals surface area contributed by atoms with Crippen molar-refractivity contribution in [2.75, 3.05) is 13.1 Å². The summed E-state index contributed by atoms with van der Waals surface area (Å²) >= 11 is 0. The minimum absolute atomic E-state index is 0.0143. The first-order valence-corrected chi connectivity index (χ1v) is 7.79. The predicted molar refractivity (Wildman–Crippen MR) is 86.4 cm³/mol. The Bertz CT molecular complexity index is 871. The molecule has 0 fully saturated rings. The third-order valence-corrected chi connectivity index (χ3v) is 3.67. The maximum atomic E-state index is 12.6. The van der Waals surface area contributed by atoms with E-state index in [-0.39, 0.29) is 24.9 Å². The Morgan fingerprint density at radius 2 is 1.92 bits per heavy atom. The molecule has 2 rings (SSSR count). The average molecular weight is 357 g/mol. The van der Waals surface area contributed by atoms with E-state index < -0.39 is 29.9 Å².